The van der Waals surface area contributed by atoms with Crippen molar-refractivity contribution in [3.05, 3.63) is 173 Å². The third-order valence-electron chi connectivity index (χ3n) is 18.2. The van der Waals surface area contributed by atoms with Crippen LogP contribution in [-0.4, -0.2) is 48.1 Å². The minimum absolute atomic E-state index is 0.0186. The van der Waals surface area contributed by atoms with E-state index < -0.39 is 37.7 Å². The summed E-state index contributed by atoms with van der Waals surface area (Å²) in [6, 6.07) is 59.7. The second-order valence-corrected chi connectivity index (χ2v) is 46.9. The van der Waals surface area contributed by atoms with Gasteiger partial charge in [-0.1, -0.05) is 233 Å². The molecule has 1 spiro atoms. The Hall–Kier alpha value is -6.23. The third-order valence-corrected chi connectivity index (χ3v) is 26.3. The SMILES string of the molecule is Cc1cccc2c(-c3cc4c5c6c3-n3c7ccc([Si](C)(C)C)cc7c7cc([Si](C)(C)C)cc(c73)B6c3cc([Si](C)(C)C)cc6c7cc([Si](C)(C)C)cc(c7n-5c36)C43c4ccccc4-c4ccccc43)cccc12. The second kappa shape index (κ2) is 13.9. The van der Waals surface area contributed by atoms with Gasteiger partial charge in [-0.3, -0.25) is 0 Å². The summed E-state index contributed by atoms with van der Waals surface area (Å²) < 4.78 is 5.66. The van der Waals surface area contributed by atoms with E-state index in [1.807, 2.05) is 0 Å². The van der Waals surface area contributed by atoms with Crippen LogP contribution < -0.4 is 37.1 Å². The summed E-state index contributed by atoms with van der Waals surface area (Å²) in [4.78, 5) is 0. The molecule has 1 aliphatic carbocycles. The molecule has 356 valence electrons. The molecule has 0 radical (unpaired) electrons. The summed E-state index contributed by atoms with van der Waals surface area (Å²) in [6.45, 7) is 32.9. The van der Waals surface area contributed by atoms with Crippen LogP contribution in [0.15, 0.2) is 146 Å². The number of aromatic nitrogens is 2. The van der Waals surface area contributed by atoms with E-state index in [2.05, 4.69) is 240 Å². The summed E-state index contributed by atoms with van der Waals surface area (Å²) in [6.07, 6.45) is 0. The first kappa shape index (κ1) is 44.3. The molecule has 0 saturated carbocycles. The van der Waals surface area contributed by atoms with Crippen molar-refractivity contribution >= 4 is 131 Å². The van der Waals surface area contributed by atoms with Gasteiger partial charge < -0.3 is 9.13 Å². The molecule has 0 bridgehead atoms. The molecule has 0 fully saturated rings. The van der Waals surface area contributed by atoms with Crippen molar-refractivity contribution in [1.82, 2.24) is 9.13 Å². The fourth-order valence-electron chi connectivity index (χ4n) is 14.5. The van der Waals surface area contributed by atoms with Gasteiger partial charge in [-0.05, 0) is 90.7 Å². The molecule has 0 atom stereocenters. The molecule has 4 aliphatic rings. The topological polar surface area (TPSA) is 9.86 Å². The molecule has 73 heavy (non-hydrogen) atoms. The maximum Gasteiger partial charge on any atom is 0.252 e. The molecule has 9 aromatic carbocycles. The van der Waals surface area contributed by atoms with Crippen LogP contribution in [0.5, 0.6) is 0 Å². The van der Waals surface area contributed by atoms with Crippen LogP contribution in [0.1, 0.15) is 27.8 Å². The van der Waals surface area contributed by atoms with Gasteiger partial charge in [-0.2, -0.15) is 0 Å². The Balaban J connectivity index is 1.27. The number of hydrogen-bond donors (Lipinski definition) is 0. The molecular weight excluding hydrogens is 944 g/mol. The number of hydrogen-bond acceptors (Lipinski definition) is 0. The highest BCUT2D eigenvalue weighted by atomic mass is 28.3. The van der Waals surface area contributed by atoms with Gasteiger partial charge in [0.25, 0.3) is 6.71 Å². The van der Waals surface area contributed by atoms with Gasteiger partial charge in [0.15, 0.2) is 0 Å². The van der Waals surface area contributed by atoms with Gasteiger partial charge in [0.05, 0.1) is 54.4 Å². The number of aryl methyl sites for hydroxylation is 1. The summed E-state index contributed by atoms with van der Waals surface area (Å²) in [5, 5.41) is 14.5. The zero-order valence-electron chi connectivity index (χ0n) is 44.8. The minimum atomic E-state index is -1.89. The van der Waals surface area contributed by atoms with Gasteiger partial charge >= 0.3 is 0 Å². The molecule has 7 heteroatoms. The summed E-state index contributed by atoms with van der Waals surface area (Å²) >= 11 is 0. The number of benzene rings is 9. The average molecular weight is 1010 g/mol. The van der Waals surface area contributed by atoms with E-state index in [9.17, 15) is 0 Å². The van der Waals surface area contributed by atoms with Crippen molar-refractivity contribution in [3.63, 3.8) is 0 Å². The van der Waals surface area contributed by atoms with Gasteiger partial charge in [-0.15, -0.1) is 0 Å². The quantitative estimate of drug-likeness (QED) is 0.152. The monoisotopic (exact) mass is 1010 g/mol. The molecule has 0 unspecified atom stereocenters. The zero-order chi connectivity index (χ0) is 50.4. The summed E-state index contributed by atoms with van der Waals surface area (Å²) in [7, 11) is -7.32. The lowest BCUT2D eigenvalue weighted by molar-refractivity contribution is 0.750. The standard InChI is InChI=1S/C66H63BN2Si4/c1-38-20-18-24-44-43(38)23-19-25-45(44)52-37-56-65-60-64(52)68-59-29-28-39(70(2,3)4)30-48(59)49-32-41(72(8,9)10)35-57(62(49)68)67(60)58-36-42(73(11,12)13)33-51-50-31-40(71(5,6)7)34-55(61(50)69(65)63(51)58)66(56)53-26-16-14-21-46(53)47-22-15-17-27-54(47)66/h14-37H,1-13H3. The van der Waals surface area contributed by atoms with Crippen LogP contribution in [0.2, 0.25) is 78.6 Å². The van der Waals surface area contributed by atoms with Gasteiger partial charge in [-0.25, -0.2) is 0 Å². The number of rotatable bonds is 5. The highest BCUT2D eigenvalue weighted by molar-refractivity contribution is 7.02. The molecule has 0 amide bonds. The van der Waals surface area contributed by atoms with Crippen LogP contribution in [0.3, 0.4) is 0 Å². The molecule has 11 aromatic rings. The lowest BCUT2D eigenvalue weighted by atomic mass is 9.33. The first-order valence-corrected chi connectivity index (χ1v) is 40.9. The normalized spacial score (nSPS) is 15.0. The van der Waals surface area contributed by atoms with Crippen molar-refractivity contribution in [3.8, 4) is 33.6 Å². The lowest BCUT2D eigenvalue weighted by Gasteiger charge is -2.45. The Morgan fingerprint density at radius 2 is 0.863 bits per heavy atom. The maximum atomic E-state index is 2.85. The van der Waals surface area contributed by atoms with Crippen molar-refractivity contribution in [1.29, 1.82) is 0 Å². The molecule has 0 N–H and O–H groups in total. The van der Waals surface area contributed by atoms with Gasteiger partial charge in [0.2, 0.25) is 0 Å². The molecule has 15 rings (SSSR count). The molecule has 2 nitrogen and oxygen atoms in total. The highest BCUT2D eigenvalue weighted by Crippen LogP contribution is 2.62. The molecular formula is C66H63BN2Si4. The molecule has 5 heterocycles. The zero-order valence-corrected chi connectivity index (χ0v) is 48.8. The van der Waals surface area contributed by atoms with Crippen molar-refractivity contribution in [2.24, 2.45) is 0 Å². The number of nitrogens with zero attached hydrogens (tertiary/aromatic N) is 2. The van der Waals surface area contributed by atoms with E-state index in [0.717, 1.165) is 0 Å². The summed E-state index contributed by atoms with van der Waals surface area (Å²) in [5.41, 5.74) is 24.6. The second-order valence-electron chi connectivity index (χ2n) is 26.6. The predicted octanol–water partition coefficient (Wildman–Crippen LogP) is 13.0. The fraction of sp³-hybridized carbons (Fsp3) is 0.212. The van der Waals surface area contributed by atoms with Gasteiger partial charge in [0.1, 0.15) is 0 Å². The maximum absolute atomic E-state index is 2.85. The van der Waals surface area contributed by atoms with E-state index in [0.29, 0.717) is 0 Å². The van der Waals surface area contributed by atoms with Crippen LogP contribution in [-0.2, 0) is 5.41 Å². The van der Waals surface area contributed by atoms with E-state index in [1.165, 1.54) is 143 Å². The van der Waals surface area contributed by atoms with Crippen LogP contribution in [0.4, 0.5) is 0 Å². The number of fused-ring (bicyclic) bond motifs is 15. The molecule has 3 aliphatic heterocycles. The Morgan fingerprint density at radius 1 is 0.356 bits per heavy atom. The van der Waals surface area contributed by atoms with Crippen molar-refractivity contribution in [2.75, 3.05) is 0 Å². The lowest BCUT2D eigenvalue weighted by Crippen LogP contribution is -2.62. The van der Waals surface area contributed by atoms with Crippen molar-refractivity contribution < 1.29 is 0 Å². The Kier molecular flexibility index (Phi) is 8.45. The Labute approximate surface area is 434 Å². The van der Waals surface area contributed by atoms with Crippen LogP contribution in [0, 0.1) is 6.92 Å². The van der Waals surface area contributed by atoms with Crippen LogP contribution >= 0.6 is 0 Å². The van der Waals surface area contributed by atoms with E-state index >= 15 is 0 Å². The largest absolute Gasteiger partial charge is 0.310 e. The average Bonchev–Trinajstić information content (AvgIpc) is 4.03. The van der Waals surface area contributed by atoms with E-state index in [1.54, 1.807) is 10.4 Å². The van der Waals surface area contributed by atoms with Crippen LogP contribution in [0.25, 0.3) is 88.0 Å². The third kappa shape index (κ3) is 5.49. The summed E-state index contributed by atoms with van der Waals surface area (Å²) in [5.74, 6) is 0. The minimum Gasteiger partial charge on any atom is -0.310 e. The molecule has 0 saturated heterocycles. The molecule has 2 aromatic heterocycles. The Morgan fingerprint density at radius 3 is 1.48 bits per heavy atom. The Bertz CT molecular complexity index is 4340. The first-order chi connectivity index (χ1) is 34.7. The van der Waals surface area contributed by atoms with Crippen molar-refractivity contribution in [2.45, 2.75) is 90.9 Å². The smallest absolute Gasteiger partial charge is 0.252 e. The van der Waals surface area contributed by atoms with E-state index in [-0.39, 0.29) is 6.71 Å². The fourth-order valence-corrected chi connectivity index (χ4v) is 19.1. The van der Waals surface area contributed by atoms with E-state index in [4.69, 9.17) is 0 Å². The van der Waals surface area contributed by atoms with Gasteiger partial charge in [0, 0.05) is 43.8 Å². The highest BCUT2D eigenvalue weighted by Gasteiger charge is 2.55. The predicted molar refractivity (Wildman–Crippen MR) is 330 cm³/mol. The first-order valence-electron chi connectivity index (χ1n) is 26.9.